The Morgan fingerprint density at radius 2 is 2.25 bits per heavy atom. The van der Waals surface area contributed by atoms with Crippen LogP contribution in [0.5, 0.6) is 0 Å². The van der Waals surface area contributed by atoms with E-state index in [1.54, 1.807) is 16.2 Å². The quantitative estimate of drug-likeness (QED) is 0.849. The summed E-state index contributed by atoms with van der Waals surface area (Å²) in [6.45, 7) is 6.81. The van der Waals surface area contributed by atoms with Crippen LogP contribution >= 0.6 is 11.3 Å². The largest absolute Gasteiger partial charge is 0.440 e. The summed E-state index contributed by atoms with van der Waals surface area (Å²) >= 11 is 1.58. The standard InChI is InChI=1S/C15H20N2O2S/c1-10(2)9-17(4)14(18)8-12-11(3)19-15(16-12)13-6-5-7-20-13/h5-7,10H,8-9H2,1-4H3. The molecular weight excluding hydrogens is 272 g/mol. The van der Waals surface area contributed by atoms with Crippen LogP contribution in [0.1, 0.15) is 25.3 Å². The average molecular weight is 292 g/mol. The van der Waals surface area contributed by atoms with E-state index in [0.717, 1.165) is 22.9 Å². The van der Waals surface area contributed by atoms with Crippen molar-refractivity contribution in [1.29, 1.82) is 0 Å². The Balaban J connectivity index is 2.08. The Bertz CT molecular complexity index is 573. The molecule has 0 aromatic carbocycles. The van der Waals surface area contributed by atoms with E-state index in [1.807, 2.05) is 31.5 Å². The van der Waals surface area contributed by atoms with Gasteiger partial charge >= 0.3 is 0 Å². The Labute approximate surface area is 123 Å². The van der Waals surface area contributed by atoms with Crippen molar-refractivity contribution in [3.63, 3.8) is 0 Å². The molecule has 2 aromatic heterocycles. The fourth-order valence-corrected chi connectivity index (χ4v) is 2.67. The van der Waals surface area contributed by atoms with Crippen LogP contribution < -0.4 is 0 Å². The van der Waals surface area contributed by atoms with Crippen molar-refractivity contribution in [3.8, 4) is 10.8 Å². The smallest absolute Gasteiger partial charge is 0.236 e. The minimum Gasteiger partial charge on any atom is -0.440 e. The van der Waals surface area contributed by atoms with Gasteiger partial charge in [-0.1, -0.05) is 19.9 Å². The van der Waals surface area contributed by atoms with Crippen LogP contribution in [0, 0.1) is 12.8 Å². The highest BCUT2D eigenvalue weighted by Crippen LogP contribution is 2.26. The number of amides is 1. The highest BCUT2D eigenvalue weighted by atomic mass is 32.1. The number of rotatable bonds is 5. The fourth-order valence-electron chi connectivity index (χ4n) is 2.03. The summed E-state index contributed by atoms with van der Waals surface area (Å²) in [6, 6.07) is 3.92. The molecule has 0 radical (unpaired) electrons. The third-order valence-corrected chi connectivity index (χ3v) is 3.87. The number of hydrogen-bond donors (Lipinski definition) is 0. The molecule has 0 aliphatic rings. The number of likely N-dealkylation sites (N-methyl/N-ethyl adjacent to an activating group) is 1. The molecule has 2 rings (SSSR count). The lowest BCUT2D eigenvalue weighted by atomic mass is 10.2. The van der Waals surface area contributed by atoms with Gasteiger partial charge in [-0.3, -0.25) is 4.79 Å². The van der Waals surface area contributed by atoms with E-state index >= 15 is 0 Å². The molecule has 0 spiro atoms. The summed E-state index contributed by atoms with van der Waals surface area (Å²) in [4.78, 5) is 19.3. The minimum atomic E-state index is 0.0767. The van der Waals surface area contributed by atoms with Gasteiger partial charge in [0.2, 0.25) is 11.8 Å². The molecule has 2 heterocycles. The molecule has 5 heteroatoms. The predicted octanol–water partition coefficient (Wildman–Crippen LogP) is 3.37. The van der Waals surface area contributed by atoms with Gasteiger partial charge in [-0.25, -0.2) is 4.98 Å². The second-order valence-electron chi connectivity index (χ2n) is 5.34. The summed E-state index contributed by atoms with van der Waals surface area (Å²) < 4.78 is 5.65. The fraction of sp³-hybridized carbons (Fsp3) is 0.467. The van der Waals surface area contributed by atoms with Gasteiger partial charge in [0.1, 0.15) is 5.76 Å². The molecule has 0 atom stereocenters. The van der Waals surface area contributed by atoms with Crippen molar-refractivity contribution >= 4 is 17.2 Å². The number of thiophene rings is 1. The maximum Gasteiger partial charge on any atom is 0.236 e. The van der Waals surface area contributed by atoms with Gasteiger partial charge in [-0.15, -0.1) is 11.3 Å². The van der Waals surface area contributed by atoms with E-state index < -0.39 is 0 Å². The molecule has 2 aromatic rings. The summed E-state index contributed by atoms with van der Waals surface area (Å²) in [5, 5.41) is 1.98. The lowest BCUT2D eigenvalue weighted by Gasteiger charge is -2.18. The zero-order chi connectivity index (χ0) is 14.7. The number of oxazole rings is 1. The number of aryl methyl sites for hydroxylation is 1. The highest BCUT2D eigenvalue weighted by molar-refractivity contribution is 7.13. The molecule has 0 saturated carbocycles. The first-order valence-corrected chi connectivity index (χ1v) is 7.59. The first-order chi connectivity index (χ1) is 9.47. The van der Waals surface area contributed by atoms with Crippen molar-refractivity contribution in [2.45, 2.75) is 27.2 Å². The molecule has 0 N–H and O–H groups in total. The van der Waals surface area contributed by atoms with E-state index in [1.165, 1.54) is 0 Å². The van der Waals surface area contributed by atoms with Gasteiger partial charge in [0.15, 0.2) is 0 Å². The molecule has 0 aliphatic heterocycles. The lowest BCUT2D eigenvalue weighted by Crippen LogP contribution is -2.31. The first-order valence-electron chi connectivity index (χ1n) is 6.71. The number of hydrogen-bond acceptors (Lipinski definition) is 4. The summed E-state index contributed by atoms with van der Waals surface area (Å²) in [6.07, 6.45) is 0.296. The SMILES string of the molecule is Cc1oc(-c2cccs2)nc1CC(=O)N(C)CC(C)C. The number of carbonyl (C=O) groups excluding carboxylic acids is 1. The number of nitrogens with zero attached hydrogens (tertiary/aromatic N) is 2. The van der Waals surface area contributed by atoms with E-state index in [0.29, 0.717) is 18.2 Å². The second-order valence-corrected chi connectivity index (χ2v) is 6.29. The monoisotopic (exact) mass is 292 g/mol. The Morgan fingerprint density at radius 3 is 2.85 bits per heavy atom. The van der Waals surface area contributed by atoms with Crippen LogP contribution in [0.2, 0.25) is 0 Å². The first kappa shape index (κ1) is 14.8. The predicted molar refractivity (Wildman–Crippen MR) is 80.7 cm³/mol. The Hall–Kier alpha value is -1.62. The third-order valence-electron chi connectivity index (χ3n) is 3.01. The highest BCUT2D eigenvalue weighted by Gasteiger charge is 2.17. The lowest BCUT2D eigenvalue weighted by molar-refractivity contribution is -0.129. The van der Waals surface area contributed by atoms with Crippen molar-refractivity contribution < 1.29 is 9.21 Å². The second kappa shape index (κ2) is 6.22. The molecule has 0 saturated heterocycles. The molecule has 0 fully saturated rings. The van der Waals surface area contributed by atoms with E-state index in [2.05, 4.69) is 18.8 Å². The Kier molecular flexibility index (Phi) is 4.60. The molecule has 0 aliphatic carbocycles. The normalized spacial score (nSPS) is 11.1. The number of aromatic nitrogens is 1. The molecular formula is C15H20N2O2S. The zero-order valence-corrected chi connectivity index (χ0v) is 13.2. The minimum absolute atomic E-state index is 0.0767. The van der Waals surface area contributed by atoms with Crippen molar-refractivity contribution in [3.05, 3.63) is 29.0 Å². The van der Waals surface area contributed by atoms with Crippen LogP contribution in [0.15, 0.2) is 21.9 Å². The van der Waals surface area contributed by atoms with Crippen LogP contribution in [0.25, 0.3) is 10.8 Å². The van der Waals surface area contributed by atoms with Crippen LogP contribution in [0.3, 0.4) is 0 Å². The van der Waals surface area contributed by atoms with Gasteiger partial charge < -0.3 is 9.32 Å². The van der Waals surface area contributed by atoms with E-state index in [-0.39, 0.29) is 5.91 Å². The van der Waals surface area contributed by atoms with E-state index in [9.17, 15) is 4.79 Å². The molecule has 0 unspecified atom stereocenters. The van der Waals surface area contributed by atoms with Gasteiger partial charge in [-0.2, -0.15) is 0 Å². The maximum absolute atomic E-state index is 12.1. The van der Waals surface area contributed by atoms with Crippen LogP contribution in [-0.4, -0.2) is 29.4 Å². The van der Waals surface area contributed by atoms with Crippen molar-refractivity contribution in [2.24, 2.45) is 5.92 Å². The van der Waals surface area contributed by atoms with E-state index in [4.69, 9.17) is 4.42 Å². The summed E-state index contributed by atoms with van der Waals surface area (Å²) in [7, 11) is 1.83. The van der Waals surface area contributed by atoms with Gasteiger partial charge in [0.25, 0.3) is 0 Å². The third kappa shape index (κ3) is 3.48. The van der Waals surface area contributed by atoms with Crippen molar-refractivity contribution in [2.75, 3.05) is 13.6 Å². The van der Waals surface area contributed by atoms with Gasteiger partial charge in [0, 0.05) is 13.6 Å². The maximum atomic E-state index is 12.1. The van der Waals surface area contributed by atoms with Gasteiger partial charge in [0.05, 0.1) is 17.0 Å². The summed E-state index contributed by atoms with van der Waals surface area (Å²) in [5.74, 6) is 1.86. The summed E-state index contributed by atoms with van der Waals surface area (Å²) in [5.41, 5.74) is 0.731. The molecule has 4 nitrogen and oxygen atoms in total. The molecule has 0 bridgehead atoms. The van der Waals surface area contributed by atoms with Crippen LogP contribution in [0.4, 0.5) is 0 Å². The van der Waals surface area contributed by atoms with Crippen LogP contribution in [-0.2, 0) is 11.2 Å². The van der Waals surface area contributed by atoms with Crippen molar-refractivity contribution in [1.82, 2.24) is 9.88 Å². The molecule has 20 heavy (non-hydrogen) atoms. The zero-order valence-electron chi connectivity index (χ0n) is 12.3. The molecule has 1 amide bonds. The average Bonchev–Trinajstić information content (AvgIpc) is 2.98. The topological polar surface area (TPSA) is 46.3 Å². The van der Waals surface area contributed by atoms with Gasteiger partial charge in [-0.05, 0) is 24.3 Å². The molecule has 108 valence electrons. The number of carbonyl (C=O) groups is 1. The Morgan fingerprint density at radius 1 is 1.50 bits per heavy atom.